The molecule has 80 heavy (non-hydrogen) atoms. The zero-order chi connectivity index (χ0) is 56.0. The van der Waals surface area contributed by atoms with Gasteiger partial charge in [-0.15, -0.1) is 0 Å². The summed E-state index contributed by atoms with van der Waals surface area (Å²) < 4.78 is 69.8. The first-order chi connectivity index (χ1) is 37.7. The Labute approximate surface area is 484 Å². The standard InChI is InChI=1S/C62H78N2O14.2ClH/c1-63(27-23-45-37-51(67-3)53(69-5)39-47(45)49(63)31-43-33-55(71-7)61(75-11)56(34-43)72-8)25-13-29-77-59(65)21-19-41-15-17-42(18-16-41)20-22-60(66)78-30-14-26-64(2)28-24-46-38-52(68-4)54(70-6)40-48(46)50(64)32-44-35-57(73-9)62(76-12)58(36-44)74-10;;/h15-22,33-40,49-50H,13-14,23-32H2,1-12H3;2*1H/q+2;;/p-2/b21-19+,22-20+;;. The topological polar surface area (TPSA) is 145 Å². The Kier molecular flexibility index (Phi) is 23.5. The van der Waals surface area contributed by atoms with Gasteiger partial charge in [-0.25, -0.2) is 9.59 Å². The molecule has 7 rings (SSSR count). The molecule has 0 saturated heterocycles. The molecule has 0 spiro atoms. The van der Waals surface area contributed by atoms with E-state index in [4.69, 9.17) is 56.8 Å². The minimum atomic E-state index is -0.421. The van der Waals surface area contributed by atoms with Gasteiger partial charge in [-0.2, -0.15) is 0 Å². The quantitative estimate of drug-likeness (QED) is 0.0344. The summed E-state index contributed by atoms with van der Waals surface area (Å²) in [5, 5.41) is 0. The number of quaternary nitrogens is 2. The van der Waals surface area contributed by atoms with Crippen LogP contribution in [0, 0.1) is 0 Å². The first-order valence-corrected chi connectivity index (χ1v) is 26.3. The van der Waals surface area contributed by atoms with Crippen molar-refractivity contribution in [1.29, 1.82) is 0 Å². The Bertz CT molecular complexity index is 2700. The number of likely N-dealkylation sites (N-methyl/N-ethyl adjacent to an activating group) is 2. The van der Waals surface area contributed by atoms with Crippen LogP contribution in [0.5, 0.6) is 57.5 Å². The van der Waals surface area contributed by atoms with Crippen molar-refractivity contribution in [2.45, 2.75) is 50.6 Å². The number of benzene rings is 5. The van der Waals surface area contributed by atoms with Crippen LogP contribution in [0.2, 0.25) is 0 Å². The Balaban J connectivity index is 0.00000588. The number of esters is 2. The van der Waals surface area contributed by atoms with Crippen molar-refractivity contribution in [3.63, 3.8) is 0 Å². The summed E-state index contributed by atoms with van der Waals surface area (Å²) in [5.74, 6) is 5.39. The van der Waals surface area contributed by atoms with Crippen molar-refractivity contribution in [1.82, 2.24) is 0 Å². The van der Waals surface area contributed by atoms with E-state index < -0.39 is 11.9 Å². The highest BCUT2D eigenvalue weighted by molar-refractivity contribution is 5.88. The van der Waals surface area contributed by atoms with Crippen LogP contribution in [0.3, 0.4) is 0 Å². The molecule has 4 unspecified atom stereocenters. The summed E-state index contributed by atoms with van der Waals surface area (Å²) in [6.45, 7) is 3.82. The second-order valence-corrected chi connectivity index (χ2v) is 20.0. The lowest BCUT2D eigenvalue weighted by Crippen LogP contribution is -3.00. The van der Waals surface area contributed by atoms with Crippen LogP contribution >= 0.6 is 0 Å². The molecule has 4 atom stereocenters. The number of carbonyl (C=O) groups excluding carboxylic acids is 2. The maximum atomic E-state index is 13.0. The fourth-order valence-electron chi connectivity index (χ4n) is 11.2. The Morgan fingerprint density at radius 3 is 1.06 bits per heavy atom. The summed E-state index contributed by atoms with van der Waals surface area (Å²) in [5.41, 5.74) is 8.50. The number of nitrogens with zero attached hydrogens (tertiary/aromatic N) is 2. The average molecular weight is 1150 g/mol. The highest BCUT2D eigenvalue weighted by Gasteiger charge is 2.42. The number of carbonyl (C=O) groups is 2. The molecule has 5 aromatic rings. The largest absolute Gasteiger partial charge is 1.00 e. The molecular weight excluding hydrogens is 1070 g/mol. The molecule has 18 heteroatoms. The smallest absolute Gasteiger partial charge is 0.330 e. The van der Waals surface area contributed by atoms with Crippen LogP contribution in [0.15, 0.2) is 84.9 Å². The summed E-state index contributed by atoms with van der Waals surface area (Å²) in [4.78, 5) is 25.9. The number of ether oxygens (including phenoxy) is 12. The van der Waals surface area contributed by atoms with Crippen LogP contribution < -0.4 is 72.2 Å². The number of fused-ring (bicyclic) bond motifs is 2. The van der Waals surface area contributed by atoms with E-state index in [1.165, 1.54) is 34.4 Å². The third-order valence-corrected chi connectivity index (χ3v) is 15.5. The Hall–Kier alpha value is -6.98. The van der Waals surface area contributed by atoms with E-state index in [0.717, 1.165) is 61.3 Å². The number of methoxy groups -OCH3 is 10. The van der Waals surface area contributed by atoms with Crippen molar-refractivity contribution < 1.29 is 100 Å². The van der Waals surface area contributed by atoms with Gasteiger partial charge in [0.1, 0.15) is 12.1 Å². The molecular formula is C62H78Cl2N2O14. The third kappa shape index (κ3) is 14.9. The molecule has 434 valence electrons. The van der Waals surface area contributed by atoms with E-state index in [-0.39, 0.29) is 50.1 Å². The number of hydrogen-bond acceptors (Lipinski definition) is 14. The van der Waals surface area contributed by atoms with Crippen molar-refractivity contribution in [3.05, 3.63) is 129 Å². The minimum Gasteiger partial charge on any atom is -1.00 e. The minimum absolute atomic E-state index is 0. The van der Waals surface area contributed by atoms with Gasteiger partial charge in [0.05, 0.1) is 125 Å². The zero-order valence-corrected chi connectivity index (χ0v) is 49.8. The summed E-state index contributed by atoms with van der Waals surface area (Å²) in [6.07, 6.45) is 10.7. The maximum Gasteiger partial charge on any atom is 0.330 e. The highest BCUT2D eigenvalue weighted by atomic mass is 35.5. The Morgan fingerprint density at radius 2 is 0.762 bits per heavy atom. The van der Waals surface area contributed by atoms with Gasteiger partial charge in [0, 0.05) is 61.8 Å². The molecule has 2 heterocycles. The van der Waals surface area contributed by atoms with Gasteiger partial charge in [0.25, 0.3) is 0 Å². The number of rotatable bonds is 26. The van der Waals surface area contributed by atoms with Crippen LogP contribution in [-0.4, -0.2) is 145 Å². The van der Waals surface area contributed by atoms with E-state index in [9.17, 15) is 9.59 Å². The van der Waals surface area contributed by atoms with Crippen molar-refractivity contribution in [2.75, 3.05) is 125 Å². The molecule has 0 bridgehead atoms. The average Bonchev–Trinajstić information content (AvgIpc) is 3.50. The maximum absolute atomic E-state index is 13.0. The van der Waals surface area contributed by atoms with Crippen LogP contribution in [-0.2, 0) is 44.7 Å². The van der Waals surface area contributed by atoms with E-state index in [2.05, 4.69) is 38.4 Å². The van der Waals surface area contributed by atoms with E-state index in [1.807, 2.05) is 48.5 Å². The molecule has 5 aromatic carbocycles. The summed E-state index contributed by atoms with van der Waals surface area (Å²) in [7, 11) is 20.8. The fourth-order valence-corrected chi connectivity index (χ4v) is 11.2. The molecule has 0 amide bonds. The molecule has 2 aliphatic rings. The molecule has 0 radical (unpaired) electrons. The lowest BCUT2D eigenvalue weighted by Gasteiger charge is -2.46. The monoisotopic (exact) mass is 1140 g/mol. The SMILES string of the molecule is COc1cc2c(cc1OC)C(Cc1cc(OC)c(OC)c(OC)c1)[N+](C)(CCCOC(=O)/C=C/c1ccc(/C=C/C(=O)OCCC[N+]3(C)CCc4cc(OC)c(OC)cc4C3Cc3cc(OC)c(OC)c(OC)c3)cc1)CC2.[Cl-].[Cl-]. The van der Waals surface area contributed by atoms with E-state index in [1.54, 1.807) is 83.3 Å². The second-order valence-electron chi connectivity index (χ2n) is 20.0. The summed E-state index contributed by atoms with van der Waals surface area (Å²) in [6, 6.07) is 24.0. The normalized spacial score (nSPS) is 18.1. The van der Waals surface area contributed by atoms with Crippen molar-refractivity contribution in [3.8, 4) is 57.5 Å². The van der Waals surface area contributed by atoms with E-state index >= 15 is 0 Å². The van der Waals surface area contributed by atoms with Gasteiger partial charge in [-0.1, -0.05) is 24.3 Å². The molecule has 0 N–H and O–H groups in total. The number of hydrogen-bond donors (Lipinski definition) is 0. The summed E-state index contributed by atoms with van der Waals surface area (Å²) >= 11 is 0. The Morgan fingerprint density at radius 1 is 0.450 bits per heavy atom. The van der Waals surface area contributed by atoms with Gasteiger partial charge in [0.2, 0.25) is 11.5 Å². The van der Waals surface area contributed by atoms with E-state index in [0.29, 0.717) is 92.1 Å². The van der Waals surface area contributed by atoms with Gasteiger partial charge in [-0.05, 0) is 94.1 Å². The van der Waals surface area contributed by atoms with Crippen molar-refractivity contribution >= 4 is 24.1 Å². The molecule has 0 aliphatic carbocycles. The zero-order valence-electron chi connectivity index (χ0n) is 48.2. The lowest BCUT2D eigenvalue weighted by molar-refractivity contribution is -0.941. The predicted molar refractivity (Wildman–Crippen MR) is 299 cm³/mol. The van der Waals surface area contributed by atoms with Crippen LogP contribution in [0.1, 0.15) is 69.4 Å². The molecule has 0 saturated carbocycles. The van der Waals surface area contributed by atoms with Gasteiger partial charge < -0.3 is 90.6 Å². The lowest BCUT2D eigenvalue weighted by atomic mass is 9.86. The molecule has 0 fully saturated rings. The molecule has 16 nitrogen and oxygen atoms in total. The third-order valence-electron chi connectivity index (χ3n) is 15.5. The van der Waals surface area contributed by atoms with Gasteiger partial charge in [-0.3, -0.25) is 0 Å². The van der Waals surface area contributed by atoms with Crippen LogP contribution in [0.25, 0.3) is 12.2 Å². The first kappa shape index (κ1) is 63.8. The van der Waals surface area contributed by atoms with Crippen molar-refractivity contribution in [2.24, 2.45) is 0 Å². The highest BCUT2D eigenvalue weighted by Crippen LogP contribution is 2.47. The number of halogens is 2. The first-order valence-electron chi connectivity index (χ1n) is 26.3. The van der Waals surface area contributed by atoms with Gasteiger partial charge in [0.15, 0.2) is 46.0 Å². The predicted octanol–water partition coefficient (Wildman–Crippen LogP) is 3.65. The second kappa shape index (κ2) is 29.5. The van der Waals surface area contributed by atoms with Crippen LogP contribution in [0.4, 0.5) is 0 Å². The molecule has 2 aliphatic heterocycles. The van der Waals surface area contributed by atoms with Gasteiger partial charge >= 0.3 is 11.9 Å². The molecule has 0 aromatic heterocycles. The fraction of sp³-hybridized carbons (Fsp3) is 0.419.